The summed E-state index contributed by atoms with van der Waals surface area (Å²) >= 11 is 0. The molecule has 0 aromatic heterocycles. The van der Waals surface area contributed by atoms with E-state index in [1.54, 1.807) is 26.8 Å². The van der Waals surface area contributed by atoms with Gasteiger partial charge in [-0.15, -0.1) is 24.8 Å². The van der Waals surface area contributed by atoms with E-state index in [2.05, 4.69) is 9.80 Å². The molecule has 1 heterocycles. The molecule has 0 bridgehead atoms. The highest BCUT2D eigenvalue weighted by atomic mass is 35.5. The number of piperazine rings is 1. The van der Waals surface area contributed by atoms with Crippen LogP contribution < -0.4 is 16.1 Å². The molecule has 1 aliphatic carbocycles. The van der Waals surface area contributed by atoms with Crippen LogP contribution in [0.15, 0.2) is 21.7 Å². The normalized spacial score (nSPS) is 17.3. The van der Waals surface area contributed by atoms with Crippen molar-refractivity contribution in [1.82, 2.24) is 9.80 Å². The Morgan fingerprint density at radius 2 is 1.45 bits per heavy atom. The van der Waals surface area contributed by atoms with E-state index in [-0.39, 0.29) is 75.6 Å². The Bertz CT molecular complexity index is 1810. The fraction of sp³-hybridized carbons (Fsp3) is 0.357. The summed E-state index contributed by atoms with van der Waals surface area (Å²) in [6.07, 6.45) is 0. The van der Waals surface area contributed by atoms with E-state index in [4.69, 9.17) is 0 Å². The zero-order chi connectivity index (χ0) is 25.8. The summed E-state index contributed by atoms with van der Waals surface area (Å²) < 4.78 is 0. The van der Waals surface area contributed by atoms with Crippen molar-refractivity contribution in [3.05, 3.63) is 54.5 Å². The molecule has 6 rings (SSSR count). The van der Waals surface area contributed by atoms with E-state index in [0.29, 0.717) is 40.4 Å². The third kappa shape index (κ3) is 3.44. The molecule has 38 heavy (non-hydrogen) atoms. The van der Waals surface area contributed by atoms with Crippen LogP contribution in [0.1, 0.15) is 30.5 Å². The minimum absolute atomic E-state index is 0. The van der Waals surface area contributed by atoms with Gasteiger partial charge < -0.3 is 25.3 Å². The smallest absolute Gasteiger partial charge is 0.198 e. The molecule has 4 aromatic carbocycles. The quantitative estimate of drug-likeness (QED) is 0.218. The molecule has 0 radical (unpaired) electrons. The molecule has 202 valence electrons. The Balaban J connectivity index is 0.00000168. The number of likely N-dealkylation sites (N-methyl/N-ethyl adjacent to an activating group) is 1. The maximum Gasteiger partial charge on any atom is 0.198 e. The van der Waals surface area contributed by atoms with Crippen LogP contribution in [0.2, 0.25) is 0 Å². The van der Waals surface area contributed by atoms with Gasteiger partial charge in [0.05, 0.1) is 21.6 Å². The summed E-state index contributed by atoms with van der Waals surface area (Å²) in [6, 6.07) is 2.90. The molecule has 8 nitrogen and oxygen atoms in total. The molecule has 0 saturated carbocycles. The summed E-state index contributed by atoms with van der Waals surface area (Å²) in [5.74, 6) is -1.10. The van der Waals surface area contributed by atoms with Crippen LogP contribution in [-0.2, 0) is 12.0 Å². The Kier molecular flexibility index (Phi) is 6.64. The first kappa shape index (κ1) is 28.0. The highest BCUT2D eigenvalue weighted by Gasteiger charge is 2.38. The summed E-state index contributed by atoms with van der Waals surface area (Å²) in [5, 5.41) is 46.7. The van der Waals surface area contributed by atoms with Crippen molar-refractivity contribution in [2.45, 2.75) is 32.7 Å². The van der Waals surface area contributed by atoms with Crippen molar-refractivity contribution in [3.8, 4) is 17.2 Å². The zero-order valence-corrected chi connectivity index (χ0v) is 23.1. The first-order valence-electron chi connectivity index (χ1n) is 12.1. The van der Waals surface area contributed by atoms with Crippen molar-refractivity contribution in [2.75, 3.05) is 33.2 Å². The van der Waals surface area contributed by atoms with Crippen LogP contribution in [-0.4, -0.2) is 63.5 Å². The molecule has 1 aliphatic heterocycles. The molecule has 0 spiro atoms. The largest absolute Gasteiger partial charge is 0.511 e. The molecule has 0 unspecified atom stereocenters. The van der Waals surface area contributed by atoms with Gasteiger partial charge in [0.2, 0.25) is 0 Å². The minimum Gasteiger partial charge on any atom is -0.511 e. The zero-order valence-electron chi connectivity index (χ0n) is 21.5. The number of aliphatic hydroxyl groups excluding tert-OH is 1. The Morgan fingerprint density at radius 3 is 2.08 bits per heavy atom. The molecule has 1 fully saturated rings. The third-order valence-corrected chi connectivity index (χ3v) is 8.27. The number of aromatic hydroxyl groups is 3. The number of nitrogens with zero attached hydrogens (tertiary/aromatic N) is 2. The van der Waals surface area contributed by atoms with Crippen molar-refractivity contribution in [2.24, 2.45) is 0 Å². The lowest BCUT2D eigenvalue weighted by Gasteiger charge is -2.33. The number of rotatable bonds is 2. The minimum atomic E-state index is -1.07. The maximum absolute atomic E-state index is 13.9. The van der Waals surface area contributed by atoms with Gasteiger partial charge in [-0.05, 0) is 56.5 Å². The molecule has 4 N–H and O–H groups in total. The van der Waals surface area contributed by atoms with Gasteiger partial charge in [0.25, 0.3) is 0 Å². The second kappa shape index (κ2) is 9.02. The van der Waals surface area contributed by atoms with Crippen molar-refractivity contribution in [3.63, 3.8) is 0 Å². The van der Waals surface area contributed by atoms with Crippen LogP contribution >= 0.6 is 24.8 Å². The van der Waals surface area contributed by atoms with Crippen molar-refractivity contribution >= 4 is 62.9 Å². The van der Waals surface area contributed by atoms with Crippen LogP contribution in [0, 0.1) is 6.92 Å². The van der Waals surface area contributed by atoms with Crippen LogP contribution in [0.3, 0.4) is 0 Å². The molecular formula is C28H30Cl2N2O6. The van der Waals surface area contributed by atoms with Gasteiger partial charge in [0.15, 0.2) is 10.9 Å². The van der Waals surface area contributed by atoms with Crippen LogP contribution in [0.4, 0.5) is 0 Å². The van der Waals surface area contributed by atoms with Gasteiger partial charge in [-0.3, -0.25) is 14.5 Å². The van der Waals surface area contributed by atoms with Crippen LogP contribution in [0.5, 0.6) is 17.2 Å². The third-order valence-electron chi connectivity index (χ3n) is 8.27. The van der Waals surface area contributed by atoms with Gasteiger partial charge in [-0.2, -0.15) is 0 Å². The van der Waals surface area contributed by atoms with E-state index in [1.807, 2.05) is 7.05 Å². The van der Waals surface area contributed by atoms with Gasteiger partial charge in [0.1, 0.15) is 23.0 Å². The topological polar surface area (TPSA) is 122 Å². The molecule has 0 atom stereocenters. The van der Waals surface area contributed by atoms with E-state index in [1.165, 1.54) is 6.07 Å². The number of halogens is 2. The number of phenolic OH excluding ortho intramolecular Hbond substituents is 3. The number of hydrogen-bond acceptors (Lipinski definition) is 8. The predicted molar refractivity (Wildman–Crippen MR) is 154 cm³/mol. The number of benzene rings is 4. The highest BCUT2D eigenvalue weighted by molar-refractivity contribution is 6.29. The van der Waals surface area contributed by atoms with E-state index in [0.717, 1.165) is 13.1 Å². The van der Waals surface area contributed by atoms with Crippen LogP contribution in [0.25, 0.3) is 38.1 Å². The molecule has 10 heteroatoms. The standard InChI is InChI=1S/C28H28N2O6.2ClH/c1-12-9-15(31)19-20-17(12)16(32)10-14-18(20)21-22(26(19)35)24(33)13(11-30-7-5-29(4)6-8-30)25(34)23(21)27(36)28(14,2)3;;/h9-10,32-33,35-36H,5-8,11H2,1-4H3;2*1H. The van der Waals surface area contributed by atoms with Crippen molar-refractivity contribution < 1.29 is 20.4 Å². The fourth-order valence-corrected chi connectivity index (χ4v) is 6.18. The fourth-order valence-electron chi connectivity index (χ4n) is 6.18. The lowest BCUT2D eigenvalue weighted by Crippen LogP contribution is -2.46. The number of hydrogen-bond donors (Lipinski definition) is 4. The number of aryl methyl sites for hydroxylation is 1. The maximum atomic E-state index is 13.9. The molecular weight excluding hydrogens is 531 g/mol. The molecule has 4 aromatic rings. The molecule has 0 amide bonds. The van der Waals surface area contributed by atoms with E-state index >= 15 is 0 Å². The molecule has 1 saturated heterocycles. The summed E-state index contributed by atoms with van der Waals surface area (Å²) in [6.45, 7) is 8.39. The predicted octanol–water partition coefficient (Wildman–Crippen LogP) is 3.00. The lowest BCUT2D eigenvalue weighted by atomic mass is 9.72. The highest BCUT2D eigenvalue weighted by Crippen LogP contribution is 2.51. The molecule has 2 aliphatic rings. The van der Waals surface area contributed by atoms with Gasteiger partial charge >= 0.3 is 0 Å². The average molecular weight is 561 g/mol. The second-order valence-electron chi connectivity index (χ2n) is 10.8. The Hall–Kier alpha value is -3.04. The van der Waals surface area contributed by atoms with E-state index in [9.17, 15) is 30.0 Å². The Morgan fingerprint density at radius 1 is 0.816 bits per heavy atom. The van der Waals surface area contributed by atoms with Gasteiger partial charge in [0, 0.05) is 54.3 Å². The first-order chi connectivity index (χ1) is 16.9. The summed E-state index contributed by atoms with van der Waals surface area (Å²) in [4.78, 5) is 31.3. The second-order valence-corrected chi connectivity index (χ2v) is 10.8. The SMILES string of the molecule is Cc1cc(=O)c2c(O)c3c(O)c(CN4CCN(C)CC4)c(=O)c4c3c3c(cc(O)c1c23)C(C)(C)C=4O.Cl.Cl. The number of aliphatic hydroxyl groups is 1. The average Bonchev–Trinajstić information content (AvgIpc) is 2.80. The monoisotopic (exact) mass is 560 g/mol. The first-order valence-corrected chi connectivity index (χ1v) is 12.1. The van der Waals surface area contributed by atoms with E-state index < -0.39 is 22.0 Å². The Labute approximate surface area is 230 Å². The number of phenols is 3. The summed E-state index contributed by atoms with van der Waals surface area (Å²) in [5.41, 5.74) is -0.864. The van der Waals surface area contributed by atoms with Crippen molar-refractivity contribution in [1.29, 1.82) is 0 Å². The lowest BCUT2D eigenvalue weighted by molar-refractivity contribution is 0.147. The van der Waals surface area contributed by atoms with Gasteiger partial charge in [-0.1, -0.05) is 0 Å². The van der Waals surface area contributed by atoms with Gasteiger partial charge in [-0.25, -0.2) is 0 Å². The summed E-state index contributed by atoms with van der Waals surface area (Å²) in [7, 11) is 2.02.